The molecule has 7 atom stereocenters. The highest BCUT2D eigenvalue weighted by Gasteiger charge is 2.65. The molecule has 1 aromatic heterocycles. The maximum absolute atomic E-state index is 12.3. The van der Waals surface area contributed by atoms with E-state index >= 15 is 0 Å². The molecule has 0 aliphatic heterocycles. The van der Waals surface area contributed by atoms with Gasteiger partial charge in [-0.05, 0) is 99.2 Å². The lowest BCUT2D eigenvalue weighted by atomic mass is 9.52. The van der Waals surface area contributed by atoms with E-state index in [1.54, 1.807) is 0 Å². The molecule has 4 aliphatic carbocycles. The third-order valence-corrected chi connectivity index (χ3v) is 10.0. The van der Waals surface area contributed by atoms with Crippen LogP contribution < -0.4 is 0 Å². The van der Waals surface area contributed by atoms with E-state index in [-0.39, 0.29) is 17.4 Å². The molecule has 5 heteroatoms. The Morgan fingerprint density at radius 3 is 2.75 bits per heavy atom. The molecule has 0 radical (unpaired) electrons. The molecule has 1 aromatic carbocycles. The molecule has 4 N–H and O–H groups in total. The number of nitrogens with zero attached hydrogens (tertiary/aromatic N) is 1. The molecule has 3 fully saturated rings. The summed E-state index contributed by atoms with van der Waals surface area (Å²) >= 11 is 0. The van der Waals surface area contributed by atoms with Gasteiger partial charge in [0.1, 0.15) is 0 Å². The van der Waals surface area contributed by atoms with Gasteiger partial charge in [0.2, 0.25) is 0 Å². The monoisotopic (exact) mass is 436 g/mol. The molecular weight excluding hydrogens is 400 g/mol. The number of aromatic amines is 1. The van der Waals surface area contributed by atoms with Crippen molar-refractivity contribution in [3.63, 3.8) is 0 Å². The molecule has 4 aliphatic rings. The third-order valence-electron chi connectivity index (χ3n) is 10.0. The van der Waals surface area contributed by atoms with Crippen LogP contribution in [0.25, 0.3) is 16.5 Å². The van der Waals surface area contributed by atoms with Crippen molar-refractivity contribution in [3.8, 4) is 0 Å². The fourth-order valence-electron chi connectivity index (χ4n) is 8.17. The van der Waals surface area contributed by atoms with Crippen LogP contribution in [0.4, 0.5) is 0 Å². The van der Waals surface area contributed by atoms with Crippen LogP contribution in [0, 0.1) is 30.1 Å². The van der Waals surface area contributed by atoms with Crippen LogP contribution in [0.3, 0.4) is 0 Å². The van der Waals surface area contributed by atoms with E-state index in [2.05, 4.69) is 41.4 Å². The van der Waals surface area contributed by atoms with E-state index in [1.165, 1.54) is 11.1 Å². The molecule has 0 spiro atoms. The molecule has 172 valence electrons. The molecule has 6 rings (SSSR count). The number of aryl methyl sites for hydroxylation is 1. The first-order chi connectivity index (χ1) is 15.2. The second kappa shape index (κ2) is 6.91. The lowest BCUT2D eigenvalue weighted by molar-refractivity contribution is -0.228. The van der Waals surface area contributed by atoms with Gasteiger partial charge in [-0.15, -0.1) is 0 Å². The Balaban J connectivity index is 1.35. The molecule has 32 heavy (non-hydrogen) atoms. The van der Waals surface area contributed by atoms with Crippen LogP contribution >= 0.6 is 0 Å². The minimum absolute atomic E-state index is 0.0189. The smallest absolute Gasteiger partial charge is 0.0972 e. The van der Waals surface area contributed by atoms with E-state index in [0.29, 0.717) is 31.1 Å². The molecule has 0 bridgehead atoms. The van der Waals surface area contributed by atoms with Crippen molar-refractivity contribution in [2.75, 3.05) is 0 Å². The summed E-state index contributed by atoms with van der Waals surface area (Å²) < 4.78 is 0. The molecule has 6 unspecified atom stereocenters. The Hall–Kier alpha value is -1.69. The maximum atomic E-state index is 12.3. The fourth-order valence-corrected chi connectivity index (χ4v) is 8.17. The van der Waals surface area contributed by atoms with Gasteiger partial charge < -0.3 is 15.3 Å². The average molecular weight is 437 g/mol. The summed E-state index contributed by atoms with van der Waals surface area (Å²) in [5.74, 6) is 0.856. The minimum atomic E-state index is -1.08. The van der Waals surface area contributed by atoms with Gasteiger partial charge in [-0.3, -0.25) is 5.10 Å². The SMILES string of the molecule is Cc1[nH]nc2cc(C3=CCC4C3(C)CCC3(O)CC5CC(O)CCC5CC[C@]43O)ccc12. The predicted octanol–water partition coefficient (Wildman–Crippen LogP) is 4.50. The standard InChI is InChI=1S/C27H36N2O3/c1-16-21-6-4-18(14-23(21)29-28-16)22-7-8-24-25(22,2)11-12-26(31)15-19-13-20(30)5-3-17(19)9-10-27(24,26)32/h4,6-7,14,17,19-20,24,30-32H,3,5,8-13,15H2,1-2H3,(H,28,29)/t17?,19?,20?,24?,25?,26?,27-/m0/s1. The van der Waals surface area contributed by atoms with Crippen molar-refractivity contribution in [2.45, 2.75) is 88.9 Å². The Kier molecular flexibility index (Phi) is 4.51. The van der Waals surface area contributed by atoms with Gasteiger partial charge in [0.25, 0.3) is 0 Å². The summed E-state index contributed by atoms with van der Waals surface area (Å²) in [6.45, 7) is 4.34. The van der Waals surface area contributed by atoms with Gasteiger partial charge in [-0.1, -0.05) is 25.1 Å². The van der Waals surface area contributed by atoms with Crippen LogP contribution in [0.5, 0.6) is 0 Å². The van der Waals surface area contributed by atoms with Gasteiger partial charge in [0, 0.05) is 17.0 Å². The van der Waals surface area contributed by atoms with Gasteiger partial charge in [-0.25, -0.2) is 0 Å². The van der Waals surface area contributed by atoms with Crippen LogP contribution in [0.15, 0.2) is 24.3 Å². The largest absolute Gasteiger partial charge is 0.393 e. The summed E-state index contributed by atoms with van der Waals surface area (Å²) in [7, 11) is 0. The number of aromatic nitrogens is 2. The van der Waals surface area contributed by atoms with Crippen molar-refractivity contribution in [1.82, 2.24) is 10.2 Å². The molecule has 0 amide bonds. The number of aliphatic hydroxyl groups is 3. The zero-order valence-corrected chi connectivity index (χ0v) is 19.3. The number of allylic oxidation sites excluding steroid dienone is 2. The summed E-state index contributed by atoms with van der Waals surface area (Å²) in [5, 5.41) is 43.2. The second-order valence-corrected chi connectivity index (χ2v) is 11.6. The Morgan fingerprint density at radius 1 is 1.06 bits per heavy atom. The maximum Gasteiger partial charge on any atom is 0.0972 e. The van der Waals surface area contributed by atoms with Gasteiger partial charge in [-0.2, -0.15) is 5.10 Å². The number of fused-ring (bicyclic) bond motifs is 5. The zero-order chi connectivity index (χ0) is 22.3. The topological polar surface area (TPSA) is 89.4 Å². The first-order valence-corrected chi connectivity index (χ1v) is 12.5. The second-order valence-electron chi connectivity index (χ2n) is 11.6. The number of hydrogen-bond donors (Lipinski definition) is 4. The molecule has 3 saturated carbocycles. The predicted molar refractivity (Wildman–Crippen MR) is 125 cm³/mol. The Morgan fingerprint density at radius 2 is 1.91 bits per heavy atom. The molecule has 1 heterocycles. The highest BCUT2D eigenvalue weighted by Crippen LogP contribution is 2.65. The van der Waals surface area contributed by atoms with E-state index in [9.17, 15) is 15.3 Å². The van der Waals surface area contributed by atoms with Crippen LogP contribution in [-0.4, -0.2) is 42.8 Å². The first-order valence-electron chi connectivity index (χ1n) is 12.5. The van der Waals surface area contributed by atoms with Crippen LogP contribution in [-0.2, 0) is 0 Å². The molecule has 0 saturated heterocycles. The zero-order valence-electron chi connectivity index (χ0n) is 19.3. The van der Waals surface area contributed by atoms with E-state index in [4.69, 9.17) is 0 Å². The summed E-state index contributed by atoms with van der Waals surface area (Å²) in [6, 6.07) is 6.51. The molecule has 5 nitrogen and oxygen atoms in total. The highest BCUT2D eigenvalue weighted by molar-refractivity contribution is 5.86. The van der Waals surface area contributed by atoms with Crippen molar-refractivity contribution in [1.29, 1.82) is 0 Å². The average Bonchev–Trinajstić information content (AvgIpc) is 3.28. The van der Waals surface area contributed by atoms with Crippen LogP contribution in [0.1, 0.15) is 76.0 Å². The number of rotatable bonds is 1. The van der Waals surface area contributed by atoms with Crippen molar-refractivity contribution >= 4 is 16.5 Å². The van der Waals surface area contributed by atoms with E-state index in [0.717, 1.165) is 55.1 Å². The number of H-pyrrole nitrogens is 1. The van der Waals surface area contributed by atoms with E-state index in [1.807, 2.05) is 6.92 Å². The normalized spacial score (nSPS) is 43.8. The highest BCUT2D eigenvalue weighted by atomic mass is 16.4. The van der Waals surface area contributed by atoms with Gasteiger partial charge in [0.15, 0.2) is 0 Å². The fraction of sp³-hybridized carbons (Fsp3) is 0.667. The van der Waals surface area contributed by atoms with Gasteiger partial charge >= 0.3 is 0 Å². The minimum Gasteiger partial charge on any atom is -0.393 e. The quantitative estimate of drug-likeness (QED) is 0.530. The van der Waals surface area contributed by atoms with Gasteiger partial charge in [0.05, 0.1) is 22.8 Å². The first kappa shape index (κ1) is 20.9. The Labute approximate surface area is 189 Å². The number of nitrogens with one attached hydrogen (secondary N) is 1. The summed E-state index contributed by atoms with van der Waals surface area (Å²) in [6.07, 6.45) is 9.28. The molecular formula is C27H36N2O3. The number of aliphatic hydroxyl groups excluding tert-OH is 1. The lowest BCUT2D eigenvalue weighted by Crippen LogP contribution is -2.64. The van der Waals surface area contributed by atoms with Crippen molar-refractivity contribution in [2.24, 2.45) is 23.2 Å². The third kappa shape index (κ3) is 2.77. The summed E-state index contributed by atoms with van der Waals surface area (Å²) in [5.41, 5.74) is 2.27. The Bertz CT molecular complexity index is 1090. The van der Waals surface area contributed by atoms with Crippen LogP contribution in [0.2, 0.25) is 0 Å². The summed E-state index contributed by atoms with van der Waals surface area (Å²) in [4.78, 5) is 0. The van der Waals surface area contributed by atoms with Crippen molar-refractivity contribution in [3.05, 3.63) is 35.5 Å². The number of hydrogen-bond acceptors (Lipinski definition) is 4. The lowest BCUT2D eigenvalue weighted by Gasteiger charge is -2.57. The number of benzene rings is 1. The van der Waals surface area contributed by atoms with Crippen molar-refractivity contribution < 1.29 is 15.3 Å². The van der Waals surface area contributed by atoms with E-state index < -0.39 is 11.2 Å². The molecule has 2 aromatic rings.